The molecular formula is C14H22N2O. The fourth-order valence-corrected chi connectivity index (χ4v) is 2.19. The number of ether oxygens (including phenoxy) is 1. The van der Waals surface area contributed by atoms with E-state index >= 15 is 0 Å². The van der Waals surface area contributed by atoms with E-state index in [0.29, 0.717) is 5.92 Å². The molecule has 0 radical (unpaired) electrons. The van der Waals surface area contributed by atoms with Crippen LogP contribution in [-0.2, 0) is 4.74 Å². The molecule has 17 heavy (non-hydrogen) atoms. The van der Waals surface area contributed by atoms with Crippen LogP contribution in [0.1, 0.15) is 30.7 Å². The van der Waals surface area contributed by atoms with Crippen LogP contribution < -0.4 is 0 Å². The Morgan fingerprint density at radius 3 is 2.82 bits per heavy atom. The molecule has 0 aliphatic carbocycles. The predicted molar refractivity (Wildman–Crippen MR) is 69.3 cm³/mol. The van der Waals surface area contributed by atoms with Gasteiger partial charge in [-0.1, -0.05) is 13.0 Å². The zero-order valence-corrected chi connectivity index (χ0v) is 10.9. The highest BCUT2D eigenvalue weighted by Gasteiger charge is 2.13. The Hall–Kier alpha value is -0.930. The molecule has 1 aromatic rings. The summed E-state index contributed by atoms with van der Waals surface area (Å²) in [5, 5.41) is 0. The first-order valence-electron chi connectivity index (χ1n) is 6.49. The van der Waals surface area contributed by atoms with Gasteiger partial charge in [0.15, 0.2) is 0 Å². The molecule has 1 saturated heterocycles. The van der Waals surface area contributed by atoms with Crippen molar-refractivity contribution in [3.8, 4) is 0 Å². The summed E-state index contributed by atoms with van der Waals surface area (Å²) < 4.78 is 5.35. The van der Waals surface area contributed by atoms with Crippen LogP contribution in [0.5, 0.6) is 0 Å². The average Bonchev–Trinajstić information content (AvgIpc) is 2.37. The van der Waals surface area contributed by atoms with Gasteiger partial charge in [-0.3, -0.25) is 9.88 Å². The van der Waals surface area contributed by atoms with E-state index in [1.54, 1.807) is 0 Å². The van der Waals surface area contributed by atoms with Crippen LogP contribution in [0.25, 0.3) is 0 Å². The van der Waals surface area contributed by atoms with E-state index in [2.05, 4.69) is 41.9 Å². The molecule has 0 spiro atoms. The maximum absolute atomic E-state index is 5.35. The van der Waals surface area contributed by atoms with Crippen LogP contribution in [-0.4, -0.2) is 42.7 Å². The van der Waals surface area contributed by atoms with E-state index in [1.165, 1.54) is 12.1 Å². The summed E-state index contributed by atoms with van der Waals surface area (Å²) in [5.74, 6) is 0.540. The van der Waals surface area contributed by atoms with Crippen LogP contribution in [0.2, 0.25) is 0 Å². The molecule has 0 amide bonds. The third-order valence-corrected chi connectivity index (χ3v) is 3.40. The zero-order valence-electron chi connectivity index (χ0n) is 10.9. The Morgan fingerprint density at radius 1 is 1.35 bits per heavy atom. The normalized spacial score (nSPS) is 19.2. The Bertz CT molecular complexity index is 348. The van der Waals surface area contributed by atoms with Gasteiger partial charge in [0.25, 0.3) is 0 Å². The van der Waals surface area contributed by atoms with Gasteiger partial charge in [-0.2, -0.15) is 0 Å². The highest BCUT2D eigenvalue weighted by molar-refractivity contribution is 5.13. The second-order valence-corrected chi connectivity index (χ2v) is 4.85. The van der Waals surface area contributed by atoms with Crippen LogP contribution >= 0.6 is 0 Å². The van der Waals surface area contributed by atoms with Gasteiger partial charge < -0.3 is 4.74 Å². The highest BCUT2D eigenvalue weighted by Crippen LogP contribution is 2.17. The first kappa shape index (κ1) is 12.5. The number of aromatic nitrogens is 1. The second kappa shape index (κ2) is 6.12. The average molecular weight is 234 g/mol. The number of pyridine rings is 1. The van der Waals surface area contributed by atoms with Gasteiger partial charge in [0, 0.05) is 24.5 Å². The summed E-state index contributed by atoms with van der Waals surface area (Å²) in [7, 11) is 0. The number of nitrogens with zero attached hydrogens (tertiary/aromatic N) is 2. The lowest BCUT2D eigenvalue weighted by molar-refractivity contribution is 0.0367. The Morgan fingerprint density at radius 2 is 2.12 bits per heavy atom. The molecule has 0 aromatic carbocycles. The summed E-state index contributed by atoms with van der Waals surface area (Å²) >= 11 is 0. The largest absolute Gasteiger partial charge is 0.379 e. The Labute approximate surface area is 104 Å². The molecule has 3 heteroatoms. The van der Waals surface area contributed by atoms with Crippen molar-refractivity contribution in [2.24, 2.45) is 0 Å². The van der Waals surface area contributed by atoms with Crippen molar-refractivity contribution in [1.82, 2.24) is 9.88 Å². The zero-order chi connectivity index (χ0) is 12.1. The molecule has 2 rings (SSSR count). The fourth-order valence-electron chi connectivity index (χ4n) is 2.19. The number of morpholine rings is 1. The minimum Gasteiger partial charge on any atom is -0.379 e. The van der Waals surface area contributed by atoms with Crippen molar-refractivity contribution in [2.75, 3.05) is 32.8 Å². The third kappa shape index (κ3) is 3.79. The molecule has 1 fully saturated rings. The monoisotopic (exact) mass is 234 g/mol. The molecule has 0 saturated carbocycles. The van der Waals surface area contributed by atoms with Gasteiger partial charge in [0.2, 0.25) is 0 Å². The van der Waals surface area contributed by atoms with Crippen molar-refractivity contribution >= 4 is 0 Å². The Balaban J connectivity index is 1.82. The first-order valence-corrected chi connectivity index (χ1v) is 6.49. The molecule has 3 nitrogen and oxygen atoms in total. The SMILES string of the molecule is Cc1cccc(C(C)CCN2CCOCC2)n1. The van der Waals surface area contributed by atoms with E-state index in [1.807, 2.05) is 0 Å². The van der Waals surface area contributed by atoms with Crippen molar-refractivity contribution < 1.29 is 4.74 Å². The minimum atomic E-state index is 0.540. The van der Waals surface area contributed by atoms with E-state index in [9.17, 15) is 0 Å². The van der Waals surface area contributed by atoms with Gasteiger partial charge in [-0.05, 0) is 37.9 Å². The lowest BCUT2D eigenvalue weighted by atomic mass is 10.0. The summed E-state index contributed by atoms with van der Waals surface area (Å²) in [6.45, 7) is 9.40. The lowest BCUT2D eigenvalue weighted by Gasteiger charge is -2.27. The first-order chi connectivity index (χ1) is 8.25. The van der Waals surface area contributed by atoms with E-state index < -0.39 is 0 Å². The Kier molecular flexibility index (Phi) is 4.51. The van der Waals surface area contributed by atoms with Crippen molar-refractivity contribution in [3.05, 3.63) is 29.6 Å². The number of hydrogen-bond acceptors (Lipinski definition) is 3. The number of rotatable bonds is 4. The molecule has 94 valence electrons. The van der Waals surface area contributed by atoms with Crippen LogP contribution in [0.4, 0.5) is 0 Å². The van der Waals surface area contributed by atoms with Crippen molar-refractivity contribution in [1.29, 1.82) is 0 Å². The van der Waals surface area contributed by atoms with Crippen LogP contribution in [0.3, 0.4) is 0 Å². The summed E-state index contributed by atoms with van der Waals surface area (Å²) in [4.78, 5) is 7.08. The van der Waals surface area contributed by atoms with Crippen LogP contribution in [0, 0.1) is 6.92 Å². The molecule has 0 N–H and O–H groups in total. The highest BCUT2D eigenvalue weighted by atomic mass is 16.5. The maximum Gasteiger partial charge on any atom is 0.0594 e. The lowest BCUT2D eigenvalue weighted by Crippen LogP contribution is -2.37. The van der Waals surface area contributed by atoms with Gasteiger partial charge in [-0.25, -0.2) is 0 Å². The summed E-state index contributed by atoms with van der Waals surface area (Å²) in [6.07, 6.45) is 1.18. The third-order valence-electron chi connectivity index (χ3n) is 3.40. The standard InChI is InChI=1S/C14H22N2O/c1-12(14-5-3-4-13(2)15-14)6-7-16-8-10-17-11-9-16/h3-5,12H,6-11H2,1-2H3. The molecule has 1 aliphatic rings. The molecular weight excluding hydrogens is 212 g/mol. The topological polar surface area (TPSA) is 25.4 Å². The van der Waals surface area contributed by atoms with E-state index in [0.717, 1.165) is 38.5 Å². The summed E-state index contributed by atoms with van der Waals surface area (Å²) in [6, 6.07) is 6.29. The smallest absolute Gasteiger partial charge is 0.0594 e. The van der Waals surface area contributed by atoms with E-state index in [4.69, 9.17) is 4.74 Å². The second-order valence-electron chi connectivity index (χ2n) is 4.85. The van der Waals surface area contributed by atoms with E-state index in [-0.39, 0.29) is 0 Å². The molecule has 0 bridgehead atoms. The quantitative estimate of drug-likeness (QED) is 0.798. The van der Waals surface area contributed by atoms with Gasteiger partial charge >= 0.3 is 0 Å². The molecule has 1 atom stereocenters. The van der Waals surface area contributed by atoms with Gasteiger partial charge in [0.1, 0.15) is 0 Å². The molecule has 2 heterocycles. The van der Waals surface area contributed by atoms with Crippen molar-refractivity contribution in [2.45, 2.75) is 26.2 Å². The predicted octanol–water partition coefficient (Wildman–Crippen LogP) is 2.22. The number of hydrogen-bond donors (Lipinski definition) is 0. The van der Waals surface area contributed by atoms with Crippen molar-refractivity contribution in [3.63, 3.8) is 0 Å². The molecule has 1 aromatic heterocycles. The van der Waals surface area contributed by atoms with Gasteiger partial charge in [-0.15, -0.1) is 0 Å². The van der Waals surface area contributed by atoms with Gasteiger partial charge in [0.05, 0.1) is 13.2 Å². The number of aryl methyl sites for hydroxylation is 1. The summed E-state index contributed by atoms with van der Waals surface area (Å²) in [5.41, 5.74) is 2.33. The maximum atomic E-state index is 5.35. The molecule has 1 aliphatic heterocycles. The fraction of sp³-hybridized carbons (Fsp3) is 0.643. The molecule has 1 unspecified atom stereocenters. The minimum absolute atomic E-state index is 0.540. The van der Waals surface area contributed by atoms with Crippen LogP contribution in [0.15, 0.2) is 18.2 Å².